The summed E-state index contributed by atoms with van der Waals surface area (Å²) >= 11 is 16.0. The lowest BCUT2D eigenvalue weighted by Crippen LogP contribution is -2.53. The van der Waals surface area contributed by atoms with Crippen molar-refractivity contribution in [3.63, 3.8) is 0 Å². The third-order valence-corrected chi connectivity index (χ3v) is 11.8. The van der Waals surface area contributed by atoms with Gasteiger partial charge in [0.05, 0.1) is 47.3 Å². The fourth-order valence-corrected chi connectivity index (χ4v) is 9.38. The number of nitrogens with one attached hydrogen (secondary N) is 1. The van der Waals surface area contributed by atoms with Crippen molar-refractivity contribution in [2.24, 2.45) is 23.7 Å². The number of aromatic hydroxyl groups is 1. The summed E-state index contributed by atoms with van der Waals surface area (Å²) in [6.07, 6.45) is -3.18. The fourth-order valence-electron chi connectivity index (χ4n) is 8.59. The molecule has 0 spiro atoms. The molecular weight excluding hydrogens is 824 g/mol. The number of carboxylic acid groups (broad SMARTS) is 1. The number of anilines is 1. The van der Waals surface area contributed by atoms with Crippen molar-refractivity contribution in [2.45, 2.75) is 36.8 Å². The Kier molecular flexibility index (Phi) is 9.46. The lowest BCUT2D eigenvalue weighted by atomic mass is 9.49. The molecule has 0 unspecified atom stereocenters. The maximum Gasteiger partial charge on any atom is 0.417 e. The molecule has 7 rings (SSSR count). The third-order valence-electron chi connectivity index (χ3n) is 10.8. The fraction of sp³-hybridized carbons (Fsp3) is 0.333. The molecule has 6 atom stereocenters. The minimum absolute atomic E-state index is 0.0121. The molecule has 1 saturated carbocycles. The third kappa shape index (κ3) is 5.80. The van der Waals surface area contributed by atoms with Gasteiger partial charge in [-0.15, -0.1) is 0 Å². The molecule has 0 bridgehead atoms. The normalized spacial score (nSPS) is 26.4. The number of alkyl halides is 3. The average molecular weight is 852 g/mol. The van der Waals surface area contributed by atoms with Crippen molar-refractivity contribution >= 4 is 74.5 Å². The molecule has 4 aliphatic rings. The number of methoxy groups -OCH3 is 1. The van der Waals surface area contributed by atoms with Crippen molar-refractivity contribution in [3.8, 4) is 11.5 Å². The Morgan fingerprint density at radius 2 is 1.78 bits per heavy atom. The van der Waals surface area contributed by atoms with E-state index in [4.69, 9.17) is 27.9 Å². The van der Waals surface area contributed by atoms with E-state index in [1.807, 2.05) is 0 Å². The van der Waals surface area contributed by atoms with Crippen LogP contribution in [-0.4, -0.2) is 68.4 Å². The van der Waals surface area contributed by atoms with E-state index < -0.39 is 93.6 Å². The van der Waals surface area contributed by atoms with E-state index in [1.54, 1.807) is 24.3 Å². The monoisotopic (exact) mass is 850 g/mol. The van der Waals surface area contributed by atoms with E-state index in [0.29, 0.717) is 32.3 Å². The zero-order valence-corrected chi connectivity index (χ0v) is 31.0. The van der Waals surface area contributed by atoms with Gasteiger partial charge in [-0.25, -0.2) is 4.98 Å². The number of fused-ring (bicyclic) bond motifs is 4. The van der Waals surface area contributed by atoms with Crippen LogP contribution in [0.25, 0.3) is 0 Å². The number of aromatic nitrogens is 1. The molecule has 3 fully saturated rings. The number of likely N-dealkylation sites (tertiary alicyclic amines) is 1. The molecule has 2 aliphatic carbocycles. The smallest absolute Gasteiger partial charge is 0.417 e. The van der Waals surface area contributed by atoms with Crippen LogP contribution in [0.2, 0.25) is 10.0 Å². The Morgan fingerprint density at radius 1 is 1.07 bits per heavy atom. The van der Waals surface area contributed by atoms with Crippen LogP contribution in [0.1, 0.15) is 41.9 Å². The number of phenolic OH excluding ortho intramolecular Hbond substituents is 1. The molecule has 4 amide bonds. The Balaban J connectivity index is 1.45. The Labute approximate surface area is 323 Å². The van der Waals surface area contributed by atoms with Crippen molar-refractivity contribution in [3.05, 3.63) is 91.5 Å². The quantitative estimate of drug-likeness (QED) is 0.172. The molecule has 282 valence electrons. The van der Waals surface area contributed by atoms with Crippen LogP contribution >= 0.6 is 39.1 Å². The Bertz CT molecular complexity index is 2170. The molecular formula is C36H28BrCl2F3N4O8. The summed E-state index contributed by atoms with van der Waals surface area (Å²) in [4.78, 5) is 73.8. The van der Waals surface area contributed by atoms with Crippen LogP contribution < -0.4 is 10.2 Å². The number of nitrogens with zero attached hydrogens (tertiary/aromatic N) is 3. The molecule has 12 nitrogen and oxygen atoms in total. The number of carboxylic acids is 1. The lowest BCUT2D eigenvalue weighted by Gasteiger charge is -2.50. The van der Waals surface area contributed by atoms with Gasteiger partial charge in [0.2, 0.25) is 11.8 Å². The molecule has 2 aromatic carbocycles. The number of aliphatic carboxylic acids is 1. The number of amides is 4. The van der Waals surface area contributed by atoms with Gasteiger partial charge in [-0.2, -0.15) is 18.2 Å². The van der Waals surface area contributed by atoms with E-state index in [-0.39, 0.29) is 42.0 Å². The summed E-state index contributed by atoms with van der Waals surface area (Å²) in [5.74, 6) is -10.2. The first kappa shape index (κ1) is 37.6. The number of benzene rings is 2. The number of hydrogen-bond donors (Lipinski definition) is 3. The van der Waals surface area contributed by atoms with Gasteiger partial charge in [0, 0.05) is 33.7 Å². The second-order valence-corrected chi connectivity index (χ2v) is 15.2. The summed E-state index contributed by atoms with van der Waals surface area (Å²) < 4.78 is 46.2. The predicted octanol–water partition coefficient (Wildman–Crippen LogP) is 6.34. The van der Waals surface area contributed by atoms with Crippen LogP contribution in [-0.2, 0) is 35.6 Å². The van der Waals surface area contributed by atoms with Crippen LogP contribution in [0.15, 0.2) is 64.8 Å². The van der Waals surface area contributed by atoms with Gasteiger partial charge in [-0.1, -0.05) is 62.9 Å². The Morgan fingerprint density at radius 3 is 2.41 bits per heavy atom. The van der Waals surface area contributed by atoms with Crippen molar-refractivity contribution < 1.29 is 52.1 Å². The Hall–Kier alpha value is -4.67. The van der Waals surface area contributed by atoms with Gasteiger partial charge in [-0.05, 0) is 54.7 Å². The number of rotatable bonds is 8. The van der Waals surface area contributed by atoms with Crippen molar-refractivity contribution in [2.75, 3.05) is 19.1 Å². The van der Waals surface area contributed by atoms with E-state index in [1.165, 1.54) is 25.3 Å². The summed E-state index contributed by atoms with van der Waals surface area (Å²) in [5.41, 5.74) is 0.356. The molecule has 3 heterocycles. The number of pyridine rings is 1. The average Bonchev–Trinajstić information content (AvgIpc) is 3.49. The first-order valence-electron chi connectivity index (χ1n) is 16.5. The highest BCUT2D eigenvalue weighted by molar-refractivity contribution is 9.10. The zero-order valence-electron chi connectivity index (χ0n) is 27.9. The van der Waals surface area contributed by atoms with Crippen molar-refractivity contribution in [1.29, 1.82) is 0 Å². The van der Waals surface area contributed by atoms with Gasteiger partial charge in [0.1, 0.15) is 0 Å². The van der Waals surface area contributed by atoms with Gasteiger partial charge >= 0.3 is 12.1 Å². The number of halogens is 6. The van der Waals surface area contributed by atoms with Crippen LogP contribution in [0.3, 0.4) is 0 Å². The molecule has 3 aromatic rings. The largest absolute Gasteiger partial charge is 0.504 e. The molecule has 1 aromatic heterocycles. The maximum atomic E-state index is 15.3. The minimum Gasteiger partial charge on any atom is -0.504 e. The zero-order chi connectivity index (χ0) is 39.0. The molecule has 3 N–H and O–H groups in total. The standard InChI is InChI=1S/C36H28BrCl2F3N4O8/c1-54-25-12-17(37)11-22(29(25)49)28-19-6-7-20-27(33(52)45(31(20)50)9-8-26(47)48)21(19)13-23-32(51)46(34(53)35(23,28)15-2-4-18(38)5-3-15)44-30-24(39)10-16(14-43-30)36(40,41)42/h2-6,10-12,14,20-21,23,27-28,49H,7-9,13H2,1H3,(H,43,44)(H,47,48)/t20-,21+,23-,27-,28+,35+/m0/s1. The van der Waals surface area contributed by atoms with Gasteiger partial charge < -0.3 is 14.9 Å². The summed E-state index contributed by atoms with van der Waals surface area (Å²) in [7, 11) is 1.32. The number of phenols is 1. The number of ether oxygens (including phenoxy) is 1. The SMILES string of the molecule is COc1cc(Br)cc([C@H]2C3=CC[C@@H]4C(=O)N(CCC(=O)O)C(=O)[C@@H]4[C@@H]3C[C@H]3C(=O)N(Nc4ncc(C(F)(F)F)cc4Cl)C(=O)[C@@]23c2ccc(Cl)cc2)c1O. The van der Waals surface area contributed by atoms with E-state index in [9.17, 15) is 42.6 Å². The van der Waals surface area contributed by atoms with Crippen LogP contribution in [0.5, 0.6) is 11.5 Å². The van der Waals surface area contributed by atoms with Crippen LogP contribution in [0, 0.1) is 23.7 Å². The number of hydrogen-bond acceptors (Lipinski definition) is 9. The summed E-state index contributed by atoms with van der Waals surface area (Å²) in [5, 5.41) is 21.5. The number of carbonyl (C=O) groups excluding carboxylic acids is 4. The van der Waals surface area contributed by atoms with Crippen LogP contribution in [0.4, 0.5) is 19.0 Å². The van der Waals surface area contributed by atoms with E-state index in [2.05, 4.69) is 26.3 Å². The number of carbonyl (C=O) groups is 5. The molecule has 0 radical (unpaired) electrons. The van der Waals surface area contributed by atoms with Gasteiger partial charge in [0.25, 0.3) is 11.8 Å². The molecule has 18 heteroatoms. The minimum atomic E-state index is -4.79. The first-order valence-corrected chi connectivity index (χ1v) is 18.0. The highest BCUT2D eigenvalue weighted by Crippen LogP contribution is 2.65. The van der Waals surface area contributed by atoms with Crippen molar-refractivity contribution in [1.82, 2.24) is 14.9 Å². The van der Waals surface area contributed by atoms with Gasteiger partial charge in [0.15, 0.2) is 17.3 Å². The second-order valence-electron chi connectivity index (χ2n) is 13.4. The molecule has 2 aliphatic heterocycles. The maximum absolute atomic E-state index is 15.3. The van der Waals surface area contributed by atoms with Gasteiger partial charge in [-0.3, -0.25) is 34.3 Å². The molecule has 54 heavy (non-hydrogen) atoms. The lowest BCUT2D eigenvalue weighted by molar-refractivity contribution is -0.143. The number of allylic oxidation sites excluding steroid dienone is 2. The summed E-state index contributed by atoms with van der Waals surface area (Å²) in [6, 6.07) is 9.77. The number of imide groups is 2. The molecule has 2 saturated heterocycles. The number of hydrazine groups is 1. The van der Waals surface area contributed by atoms with E-state index in [0.717, 1.165) is 4.90 Å². The highest BCUT2D eigenvalue weighted by Gasteiger charge is 2.70. The highest BCUT2D eigenvalue weighted by atomic mass is 79.9. The van der Waals surface area contributed by atoms with E-state index >= 15 is 4.79 Å². The first-order chi connectivity index (χ1) is 25.5. The topological polar surface area (TPSA) is 166 Å². The predicted molar refractivity (Wildman–Crippen MR) is 188 cm³/mol. The second kappa shape index (κ2) is 13.6. The summed E-state index contributed by atoms with van der Waals surface area (Å²) in [6.45, 7) is -0.358.